The summed E-state index contributed by atoms with van der Waals surface area (Å²) in [5.74, 6) is 0.983. The molecule has 0 aliphatic rings. The maximum atomic E-state index is 12.3. The third kappa shape index (κ3) is 6.16. The van der Waals surface area contributed by atoms with E-state index in [1.165, 1.54) is 0 Å². The number of rotatable bonds is 9. The number of sulfonamides is 1. The van der Waals surface area contributed by atoms with E-state index >= 15 is 0 Å². The van der Waals surface area contributed by atoms with E-state index in [9.17, 15) is 13.2 Å². The molecule has 0 spiro atoms. The fourth-order valence-corrected chi connectivity index (χ4v) is 3.04. The van der Waals surface area contributed by atoms with Gasteiger partial charge in [0.05, 0.1) is 19.0 Å². The molecule has 2 rings (SSSR count). The third-order valence-electron chi connectivity index (χ3n) is 3.84. The minimum absolute atomic E-state index is 0.0142. The summed E-state index contributed by atoms with van der Waals surface area (Å²) in [5.41, 5.74) is 1.73. The zero-order chi connectivity index (χ0) is 20.7. The summed E-state index contributed by atoms with van der Waals surface area (Å²) in [5, 5.41) is 2.83. The van der Waals surface area contributed by atoms with Crippen molar-refractivity contribution in [2.75, 3.05) is 17.6 Å². The van der Waals surface area contributed by atoms with Gasteiger partial charge in [0, 0.05) is 17.8 Å². The van der Waals surface area contributed by atoms with Crippen molar-refractivity contribution in [3.8, 4) is 11.5 Å². The van der Waals surface area contributed by atoms with Crippen LogP contribution in [-0.4, -0.2) is 33.3 Å². The van der Waals surface area contributed by atoms with Crippen molar-refractivity contribution in [1.29, 1.82) is 0 Å². The Labute approximate surface area is 166 Å². The van der Waals surface area contributed by atoms with Crippen molar-refractivity contribution in [3.63, 3.8) is 0 Å². The van der Waals surface area contributed by atoms with Crippen LogP contribution < -0.4 is 19.5 Å². The standard InChI is InChI=1S/C20H26N2O5S/c1-5-28(24,25)22-17-9-7-16(8-10-17)20(23)21-13-15-6-11-18(27-14(2)3)19(12-15)26-4/h6-12,14,22H,5,13H2,1-4H3,(H,21,23). The molecule has 0 aliphatic carbocycles. The van der Waals surface area contributed by atoms with E-state index in [1.807, 2.05) is 32.0 Å². The maximum Gasteiger partial charge on any atom is 0.251 e. The molecule has 0 bridgehead atoms. The number of nitrogens with one attached hydrogen (secondary N) is 2. The monoisotopic (exact) mass is 406 g/mol. The lowest BCUT2D eigenvalue weighted by atomic mass is 10.1. The Morgan fingerprint density at radius 1 is 1.07 bits per heavy atom. The average Bonchev–Trinajstić information content (AvgIpc) is 2.66. The first-order chi connectivity index (χ1) is 13.2. The highest BCUT2D eigenvalue weighted by molar-refractivity contribution is 7.92. The molecule has 152 valence electrons. The van der Waals surface area contributed by atoms with Gasteiger partial charge in [-0.2, -0.15) is 0 Å². The van der Waals surface area contributed by atoms with Crippen LogP contribution in [-0.2, 0) is 16.6 Å². The van der Waals surface area contributed by atoms with Gasteiger partial charge in [-0.15, -0.1) is 0 Å². The molecule has 0 unspecified atom stereocenters. The van der Waals surface area contributed by atoms with E-state index in [4.69, 9.17) is 9.47 Å². The van der Waals surface area contributed by atoms with Crippen LogP contribution in [0.1, 0.15) is 36.7 Å². The van der Waals surface area contributed by atoms with Crippen LogP contribution in [0.3, 0.4) is 0 Å². The van der Waals surface area contributed by atoms with E-state index in [0.717, 1.165) is 5.56 Å². The van der Waals surface area contributed by atoms with Gasteiger partial charge in [-0.1, -0.05) is 6.07 Å². The minimum atomic E-state index is -3.34. The molecule has 2 aromatic rings. The van der Waals surface area contributed by atoms with Crippen LogP contribution in [0, 0.1) is 0 Å². The highest BCUT2D eigenvalue weighted by Gasteiger charge is 2.11. The molecule has 1 amide bonds. The highest BCUT2D eigenvalue weighted by Crippen LogP contribution is 2.29. The average molecular weight is 407 g/mol. The predicted molar refractivity (Wildman–Crippen MR) is 109 cm³/mol. The Kier molecular flexibility index (Phi) is 7.28. The second-order valence-electron chi connectivity index (χ2n) is 6.42. The molecule has 0 saturated heterocycles. The molecule has 0 fully saturated rings. The number of hydrogen-bond acceptors (Lipinski definition) is 5. The van der Waals surface area contributed by atoms with Crippen molar-refractivity contribution in [3.05, 3.63) is 53.6 Å². The molecule has 0 heterocycles. The molecule has 2 aromatic carbocycles. The molecule has 7 nitrogen and oxygen atoms in total. The third-order valence-corrected chi connectivity index (χ3v) is 5.15. The van der Waals surface area contributed by atoms with Gasteiger partial charge in [-0.25, -0.2) is 8.42 Å². The number of benzene rings is 2. The molecular weight excluding hydrogens is 380 g/mol. The first-order valence-corrected chi connectivity index (χ1v) is 10.6. The van der Waals surface area contributed by atoms with E-state index in [-0.39, 0.29) is 17.8 Å². The fraction of sp³-hybridized carbons (Fsp3) is 0.350. The molecule has 28 heavy (non-hydrogen) atoms. The van der Waals surface area contributed by atoms with Gasteiger partial charge in [0.2, 0.25) is 10.0 Å². The Bertz CT molecular complexity index is 909. The number of carbonyl (C=O) groups excluding carboxylic acids is 1. The Morgan fingerprint density at radius 2 is 1.75 bits per heavy atom. The van der Waals surface area contributed by atoms with E-state index in [0.29, 0.717) is 29.3 Å². The zero-order valence-corrected chi connectivity index (χ0v) is 17.3. The van der Waals surface area contributed by atoms with Crippen LogP contribution in [0.15, 0.2) is 42.5 Å². The van der Waals surface area contributed by atoms with Crippen LogP contribution in [0.25, 0.3) is 0 Å². The largest absolute Gasteiger partial charge is 0.493 e. The van der Waals surface area contributed by atoms with Crippen molar-refractivity contribution >= 4 is 21.6 Å². The summed E-state index contributed by atoms with van der Waals surface area (Å²) in [7, 11) is -1.77. The fourth-order valence-electron chi connectivity index (χ4n) is 2.40. The Balaban J connectivity index is 2.00. The lowest BCUT2D eigenvalue weighted by Gasteiger charge is -2.15. The normalized spacial score (nSPS) is 11.2. The second-order valence-corrected chi connectivity index (χ2v) is 8.43. The van der Waals surface area contributed by atoms with Crippen LogP contribution >= 0.6 is 0 Å². The quantitative estimate of drug-likeness (QED) is 0.667. The van der Waals surface area contributed by atoms with Gasteiger partial charge in [-0.3, -0.25) is 9.52 Å². The highest BCUT2D eigenvalue weighted by atomic mass is 32.2. The van der Waals surface area contributed by atoms with Crippen molar-refractivity contribution < 1.29 is 22.7 Å². The lowest BCUT2D eigenvalue weighted by molar-refractivity contribution is 0.0951. The number of carbonyl (C=O) groups is 1. The molecule has 8 heteroatoms. The van der Waals surface area contributed by atoms with Gasteiger partial charge < -0.3 is 14.8 Å². The van der Waals surface area contributed by atoms with Crippen LogP contribution in [0.5, 0.6) is 11.5 Å². The minimum Gasteiger partial charge on any atom is -0.493 e. The molecular formula is C20H26N2O5S. The number of ether oxygens (including phenoxy) is 2. The smallest absolute Gasteiger partial charge is 0.251 e. The zero-order valence-electron chi connectivity index (χ0n) is 16.5. The maximum absolute atomic E-state index is 12.3. The molecule has 0 atom stereocenters. The predicted octanol–water partition coefficient (Wildman–Crippen LogP) is 3.17. The summed E-state index contributed by atoms with van der Waals surface area (Å²) >= 11 is 0. The summed E-state index contributed by atoms with van der Waals surface area (Å²) in [4.78, 5) is 12.3. The number of methoxy groups -OCH3 is 1. The SMILES string of the molecule is CCS(=O)(=O)Nc1ccc(C(=O)NCc2ccc(OC(C)C)c(OC)c2)cc1. The summed E-state index contributed by atoms with van der Waals surface area (Å²) in [6.07, 6.45) is 0.0317. The number of anilines is 1. The summed E-state index contributed by atoms with van der Waals surface area (Å²) < 4.78 is 36.6. The van der Waals surface area contributed by atoms with Crippen LogP contribution in [0.4, 0.5) is 5.69 Å². The number of hydrogen-bond donors (Lipinski definition) is 2. The lowest BCUT2D eigenvalue weighted by Crippen LogP contribution is -2.23. The first-order valence-electron chi connectivity index (χ1n) is 8.96. The molecule has 0 aromatic heterocycles. The van der Waals surface area contributed by atoms with Crippen LogP contribution in [0.2, 0.25) is 0 Å². The van der Waals surface area contributed by atoms with Gasteiger partial charge in [0.1, 0.15) is 0 Å². The Morgan fingerprint density at radius 3 is 2.32 bits per heavy atom. The summed E-state index contributed by atoms with van der Waals surface area (Å²) in [6, 6.07) is 11.8. The van der Waals surface area contributed by atoms with E-state index in [2.05, 4.69) is 10.0 Å². The number of amides is 1. The summed E-state index contributed by atoms with van der Waals surface area (Å²) in [6.45, 7) is 5.75. The van der Waals surface area contributed by atoms with E-state index in [1.54, 1.807) is 38.3 Å². The molecule has 2 N–H and O–H groups in total. The van der Waals surface area contributed by atoms with Crippen molar-refractivity contribution in [2.24, 2.45) is 0 Å². The topological polar surface area (TPSA) is 93.7 Å². The van der Waals surface area contributed by atoms with Gasteiger partial charge in [0.25, 0.3) is 5.91 Å². The molecule has 0 radical (unpaired) electrons. The van der Waals surface area contributed by atoms with Crippen molar-refractivity contribution in [1.82, 2.24) is 5.32 Å². The van der Waals surface area contributed by atoms with E-state index < -0.39 is 10.0 Å². The Hall–Kier alpha value is -2.74. The van der Waals surface area contributed by atoms with Gasteiger partial charge in [0.15, 0.2) is 11.5 Å². The van der Waals surface area contributed by atoms with Crippen molar-refractivity contribution in [2.45, 2.75) is 33.4 Å². The first kappa shape index (κ1) is 21.6. The molecule has 0 aliphatic heterocycles. The second kappa shape index (κ2) is 9.45. The molecule has 0 saturated carbocycles. The van der Waals surface area contributed by atoms with Gasteiger partial charge in [-0.05, 0) is 62.7 Å². The van der Waals surface area contributed by atoms with Gasteiger partial charge >= 0.3 is 0 Å².